The van der Waals surface area contributed by atoms with E-state index in [1.165, 1.54) is 0 Å². The lowest BCUT2D eigenvalue weighted by Gasteiger charge is -2.31. The van der Waals surface area contributed by atoms with Crippen LogP contribution in [0.2, 0.25) is 0 Å². The molecule has 3 atom stereocenters. The average Bonchev–Trinajstić information content (AvgIpc) is 3.03. The van der Waals surface area contributed by atoms with E-state index in [9.17, 15) is 4.79 Å². The number of amides is 1. The Kier molecular flexibility index (Phi) is 5.36. The second kappa shape index (κ2) is 7.04. The highest BCUT2D eigenvalue weighted by Crippen LogP contribution is 2.26. The van der Waals surface area contributed by atoms with Crippen LogP contribution < -0.4 is 5.32 Å². The van der Waals surface area contributed by atoms with E-state index in [0.717, 1.165) is 12.8 Å². The summed E-state index contributed by atoms with van der Waals surface area (Å²) in [5.74, 6) is 0.607. The van der Waals surface area contributed by atoms with E-state index in [1.807, 2.05) is 19.2 Å². The molecule has 2 rings (SSSR count). The zero-order valence-corrected chi connectivity index (χ0v) is 13.4. The van der Waals surface area contributed by atoms with Crippen LogP contribution in [0.5, 0.6) is 0 Å². The van der Waals surface area contributed by atoms with Crippen molar-refractivity contribution in [3.05, 3.63) is 12.3 Å². The van der Waals surface area contributed by atoms with Crippen molar-refractivity contribution in [3.63, 3.8) is 0 Å². The summed E-state index contributed by atoms with van der Waals surface area (Å²) in [5.41, 5.74) is 0. The first kappa shape index (κ1) is 16.0. The van der Waals surface area contributed by atoms with Gasteiger partial charge in [-0.05, 0) is 33.6 Å². The number of ether oxygens (including phenoxy) is 1. The van der Waals surface area contributed by atoms with Crippen molar-refractivity contribution in [2.45, 2.75) is 58.3 Å². The third-order valence-corrected chi connectivity index (χ3v) is 4.26. The Hall–Kier alpha value is -1.40. The number of anilines is 1. The van der Waals surface area contributed by atoms with Crippen molar-refractivity contribution < 1.29 is 9.53 Å². The molecule has 0 saturated carbocycles. The van der Waals surface area contributed by atoms with Gasteiger partial charge in [0.1, 0.15) is 0 Å². The van der Waals surface area contributed by atoms with Gasteiger partial charge in [0.2, 0.25) is 5.91 Å². The molecule has 1 aromatic rings. The molecule has 21 heavy (non-hydrogen) atoms. The van der Waals surface area contributed by atoms with Crippen LogP contribution in [0, 0.1) is 0 Å². The molecule has 6 nitrogen and oxygen atoms in total. The first-order chi connectivity index (χ1) is 10.0. The van der Waals surface area contributed by atoms with E-state index in [0.29, 0.717) is 31.1 Å². The third-order valence-electron chi connectivity index (χ3n) is 4.26. The number of hydrogen-bond donors (Lipinski definition) is 1. The molecule has 0 bridgehead atoms. The van der Waals surface area contributed by atoms with Crippen molar-refractivity contribution in [1.82, 2.24) is 14.7 Å². The molecule has 1 aromatic heterocycles. The largest absolute Gasteiger partial charge is 0.383 e. The summed E-state index contributed by atoms with van der Waals surface area (Å²) in [4.78, 5) is 14.7. The second-order valence-corrected chi connectivity index (χ2v) is 5.84. The Morgan fingerprint density at radius 2 is 2.14 bits per heavy atom. The van der Waals surface area contributed by atoms with Crippen LogP contribution in [0.3, 0.4) is 0 Å². The predicted octanol–water partition coefficient (Wildman–Crippen LogP) is 1.73. The summed E-state index contributed by atoms with van der Waals surface area (Å²) in [7, 11) is 1.66. The number of carbonyl (C=O) groups is 1. The van der Waals surface area contributed by atoms with Crippen LogP contribution in [-0.4, -0.2) is 52.4 Å². The van der Waals surface area contributed by atoms with Gasteiger partial charge in [0.05, 0.1) is 19.2 Å². The van der Waals surface area contributed by atoms with Crippen molar-refractivity contribution >= 4 is 11.7 Å². The molecular formula is C15H26N4O2. The molecular weight excluding hydrogens is 268 g/mol. The number of hydrogen-bond acceptors (Lipinski definition) is 4. The molecule has 1 aliphatic heterocycles. The average molecular weight is 294 g/mol. The van der Waals surface area contributed by atoms with E-state index >= 15 is 0 Å². The minimum Gasteiger partial charge on any atom is -0.383 e. The fourth-order valence-corrected chi connectivity index (χ4v) is 3.08. The highest BCUT2D eigenvalue weighted by atomic mass is 16.5. The summed E-state index contributed by atoms with van der Waals surface area (Å²) in [6.07, 6.45) is 4.16. The van der Waals surface area contributed by atoms with Crippen LogP contribution in [0.4, 0.5) is 5.82 Å². The van der Waals surface area contributed by atoms with Gasteiger partial charge in [-0.2, -0.15) is 5.10 Å². The number of likely N-dealkylation sites (tertiary alicyclic amines) is 1. The fraction of sp³-hybridized carbons (Fsp3) is 0.733. The maximum absolute atomic E-state index is 12.4. The number of methoxy groups -OCH3 is 1. The summed E-state index contributed by atoms with van der Waals surface area (Å²) < 4.78 is 6.78. The van der Waals surface area contributed by atoms with Crippen LogP contribution in [0.15, 0.2) is 12.3 Å². The zero-order chi connectivity index (χ0) is 15.4. The van der Waals surface area contributed by atoms with E-state index in [4.69, 9.17) is 4.74 Å². The molecule has 0 radical (unpaired) electrons. The summed E-state index contributed by atoms with van der Waals surface area (Å²) in [6, 6.07) is 2.60. The topological polar surface area (TPSA) is 59.4 Å². The molecule has 0 spiro atoms. The standard InChI is InChI=1S/C15H26N4O2/c1-11-5-6-12(2)19(11)13(3)15(20)16-14-7-8-18(17-14)9-10-21-4/h7-8,11-13H,5-6,9-10H2,1-4H3,(H,16,17,20)/t11-,12-,13-/m0/s1. The molecule has 1 aliphatic rings. The van der Waals surface area contributed by atoms with Gasteiger partial charge in [0, 0.05) is 31.5 Å². The fourth-order valence-electron chi connectivity index (χ4n) is 3.08. The number of nitrogens with one attached hydrogen (secondary N) is 1. The highest BCUT2D eigenvalue weighted by Gasteiger charge is 2.34. The van der Waals surface area contributed by atoms with E-state index in [-0.39, 0.29) is 11.9 Å². The smallest absolute Gasteiger partial charge is 0.242 e. The molecule has 1 N–H and O–H groups in total. The lowest BCUT2D eigenvalue weighted by Crippen LogP contribution is -2.46. The summed E-state index contributed by atoms with van der Waals surface area (Å²) in [6.45, 7) is 7.63. The first-order valence-electron chi connectivity index (χ1n) is 7.63. The number of rotatable bonds is 6. The van der Waals surface area contributed by atoms with Gasteiger partial charge < -0.3 is 10.1 Å². The van der Waals surface area contributed by atoms with E-state index in [1.54, 1.807) is 11.8 Å². The Morgan fingerprint density at radius 3 is 2.76 bits per heavy atom. The number of nitrogens with zero attached hydrogens (tertiary/aromatic N) is 3. The lowest BCUT2D eigenvalue weighted by atomic mass is 10.2. The van der Waals surface area contributed by atoms with Crippen molar-refractivity contribution in [1.29, 1.82) is 0 Å². The maximum atomic E-state index is 12.4. The van der Waals surface area contributed by atoms with E-state index in [2.05, 4.69) is 29.2 Å². The first-order valence-corrected chi connectivity index (χ1v) is 7.63. The predicted molar refractivity (Wildman–Crippen MR) is 82.2 cm³/mol. The Bertz CT molecular complexity index is 464. The summed E-state index contributed by atoms with van der Waals surface area (Å²) in [5, 5.41) is 7.22. The van der Waals surface area contributed by atoms with Crippen molar-refractivity contribution in [3.8, 4) is 0 Å². The second-order valence-electron chi connectivity index (χ2n) is 5.84. The molecule has 0 aliphatic carbocycles. The zero-order valence-electron chi connectivity index (χ0n) is 13.4. The normalized spacial score (nSPS) is 24.2. The van der Waals surface area contributed by atoms with Gasteiger partial charge in [-0.25, -0.2) is 0 Å². The van der Waals surface area contributed by atoms with Crippen molar-refractivity contribution in [2.24, 2.45) is 0 Å². The van der Waals surface area contributed by atoms with Gasteiger partial charge in [-0.15, -0.1) is 0 Å². The minimum atomic E-state index is -0.137. The quantitative estimate of drug-likeness (QED) is 0.868. The van der Waals surface area contributed by atoms with Crippen LogP contribution >= 0.6 is 0 Å². The number of carbonyl (C=O) groups excluding carboxylic acids is 1. The SMILES string of the molecule is COCCn1ccc(NC(=O)[C@H](C)N2[C@@H](C)CC[C@@H]2C)n1. The molecule has 118 valence electrons. The molecule has 2 heterocycles. The molecule has 1 amide bonds. The Balaban J connectivity index is 1.92. The molecule has 1 saturated heterocycles. The minimum absolute atomic E-state index is 0.00703. The lowest BCUT2D eigenvalue weighted by molar-refractivity contribution is -0.121. The third kappa shape index (κ3) is 3.83. The Labute approximate surface area is 126 Å². The van der Waals surface area contributed by atoms with Gasteiger partial charge in [0.15, 0.2) is 5.82 Å². The van der Waals surface area contributed by atoms with Gasteiger partial charge in [-0.3, -0.25) is 14.4 Å². The van der Waals surface area contributed by atoms with Crippen LogP contribution in [0.1, 0.15) is 33.6 Å². The maximum Gasteiger partial charge on any atom is 0.242 e. The molecule has 1 fully saturated rings. The summed E-state index contributed by atoms with van der Waals surface area (Å²) >= 11 is 0. The molecule has 0 unspecified atom stereocenters. The van der Waals surface area contributed by atoms with Crippen LogP contribution in [-0.2, 0) is 16.1 Å². The van der Waals surface area contributed by atoms with E-state index < -0.39 is 0 Å². The Morgan fingerprint density at radius 1 is 1.48 bits per heavy atom. The van der Waals surface area contributed by atoms with Gasteiger partial charge >= 0.3 is 0 Å². The van der Waals surface area contributed by atoms with Crippen molar-refractivity contribution in [2.75, 3.05) is 19.0 Å². The monoisotopic (exact) mass is 294 g/mol. The molecule has 6 heteroatoms. The van der Waals surface area contributed by atoms with Crippen LogP contribution in [0.25, 0.3) is 0 Å². The highest BCUT2D eigenvalue weighted by molar-refractivity contribution is 5.93. The molecule has 0 aromatic carbocycles. The number of aromatic nitrogens is 2. The van der Waals surface area contributed by atoms with Gasteiger partial charge in [-0.1, -0.05) is 0 Å². The van der Waals surface area contributed by atoms with Gasteiger partial charge in [0.25, 0.3) is 0 Å².